The lowest BCUT2D eigenvalue weighted by Crippen LogP contribution is -2.43. The normalized spacial score (nSPS) is 23.9. The molecule has 2 rings (SSSR count). The maximum atomic E-state index is 12.4. The van der Waals surface area contributed by atoms with E-state index in [1.165, 1.54) is 11.0 Å². The zero-order valence-electron chi connectivity index (χ0n) is 15.6. The molecule has 0 saturated carbocycles. The van der Waals surface area contributed by atoms with Crippen LogP contribution in [0.4, 0.5) is 9.59 Å². The van der Waals surface area contributed by atoms with Crippen LogP contribution in [0.15, 0.2) is 24.3 Å². The van der Waals surface area contributed by atoms with E-state index in [9.17, 15) is 14.4 Å². The summed E-state index contributed by atoms with van der Waals surface area (Å²) in [5.41, 5.74) is -0.212. The Hall–Kier alpha value is -2.51. The smallest absolute Gasteiger partial charge is 0.411 e. The first kappa shape index (κ1) is 19.8. The number of carbonyl (C=O) groups excluding carboxylic acids is 3. The lowest BCUT2D eigenvalue weighted by molar-refractivity contribution is -0.138. The van der Waals surface area contributed by atoms with Gasteiger partial charge in [-0.3, -0.25) is 4.90 Å². The third-order valence-corrected chi connectivity index (χ3v) is 3.90. The van der Waals surface area contributed by atoms with Crippen LogP contribution in [0.25, 0.3) is 0 Å². The van der Waals surface area contributed by atoms with E-state index in [2.05, 4.69) is 11.9 Å². The molecule has 0 radical (unpaired) electrons. The molecule has 0 spiro atoms. The highest BCUT2D eigenvalue weighted by Crippen LogP contribution is 2.40. The maximum absolute atomic E-state index is 12.4. The highest BCUT2D eigenvalue weighted by Gasteiger charge is 2.58. The third kappa shape index (κ3) is 4.77. The van der Waals surface area contributed by atoms with E-state index in [1.807, 2.05) is 0 Å². The van der Waals surface area contributed by atoms with Crippen molar-refractivity contribution in [2.75, 3.05) is 13.2 Å². The molecule has 1 N–H and O–H groups in total. The van der Waals surface area contributed by atoms with Crippen LogP contribution in [0, 0.1) is 0 Å². The molecule has 8 heteroatoms. The minimum absolute atomic E-state index is 0.0724. The second kappa shape index (κ2) is 7.80. The summed E-state index contributed by atoms with van der Waals surface area (Å²) in [6, 6.07) is -1.06. The highest BCUT2D eigenvalue weighted by molar-refractivity contribution is 5.90. The molecule has 2 aliphatic rings. The Kier molecular flexibility index (Phi) is 5.94. The predicted octanol–water partition coefficient (Wildman–Crippen LogP) is 2.15. The first-order chi connectivity index (χ1) is 12.2. The fourth-order valence-corrected chi connectivity index (χ4v) is 2.91. The maximum Gasteiger partial charge on any atom is 0.411 e. The first-order valence-corrected chi connectivity index (χ1v) is 8.61. The van der Waals surface area contributed by atoms with Crippen molar-refractivity contribution >= 4 is 18.2 Å². The van der Waals surface area contributed by atoms with Crippen LogP contribution in [-0.2, 0) is 19.0 Å². The fourth-order valence-electron chi connectivity index (χ4n) is 2.91. The first-order valence-electron chi connectivity index (χ1n) is 8.61. The van der Waals surface area contributed by atoms with E-state index in [0.29, 0.717) is 5.57 Å². The quantitative estimate of drug-likeness (QED) is 0.347. The van der Waals surface area contributed by atoms with Crippen LogP contribution in [0.3, 0.4) is 0 Å². The summed E-state index contributed by atoms with van der Waals surface area (Å²) in [7, 11) is 0. The molecule has 144 valence electrons. The number of carbonyl (C=O) groups is 3. The molecule has 1 saturated heterocycles. The molecule has 1 fully saturated rings. The lowest BCUT2D eigenvalue weighted by Gasteiger charge is -2.22. The van der Waals surface area contributed by atoms with Crippen molar-refractivity contribution in [2.45, 2.75) is 57.8 Å². The molecule has 2 amide bonds. The van der Waals surface area contributed by atoms with E-state index >= 15 is 0 Å². The summed E-state index contributed by atoms with van der Waals surface area (Å²) in [5.74, 6) is -0.451. The van der Waals surface area contributed by atoms with Crippen LogP contribution >= 0.6 is 0 Å². The van der Waals surface area contributed by atoms with Crippen molar-refractivity contribution in [2.24, 2.45) is 0 Å². The average molecular weight is 366 g/mol. The van der Waals surface area contributed by atoms with Gasteiger partial charge < -0.3 is 19.5 Å². The Balaban J connectivity index is 2.13. The standard InChI is InChI=1S/C18H26N2O6/c1-6-8-25-16(22)19-12-9-11(15(21)24-7-2)10-13-14(12)20(13)17(23)26-18(3,4)5/h6,10,12-14H,1,7-9H2,2-5H3,(H,19,22)/t12-,13-,14+,20?/m0/s1. The van der Waals surface area contributed by atoms with Gasteiger partial charge in [0.25, 0.3) is 0 Å². The monoisotopic (exact) mass is 366 g/mol. The van der Waals surface area contributed by atoms with Crippen molar-refractivity contribution in [3.63, 3.8) is 0 Å². The number of nitrogens with one attached hydrogen (secondary N) is 1. The largest absolute Gasteiger partial charge is 0.463 e. The summed E-state index contributed by atoms with van der Waals surface area (Å²) in [6.07, 6.45) is 2.30. The number of amides is 2. The topological polar surface area (TPSA) is 93.9 Å². The molecule has 0 aromatic heterocycles. The number of fused-ring (bicyclic) bond motifs is 1. The highest BCUT2D eigenvalue weighted by atomic mass is 16.6. The molecular formula is C18H26N2O6. The summed E-state index contributed by atoms with van der Waals surface area (Å²) in [5, 5.41) is 2.71. The molecule has 1 aliphatic carbocycles. The van der Waals surface area contributed by atoms with Crippen LogP contribution in [0.5, 0.6) is 0 Å². The Labute approximate surface area is 153 Å². The van der Waals surface area contributed by atoms with Gasteiger partial charge in [-0.05, 0) is 33.8 Å². The Morgan fingerprint density at radius 2 is 2.04 bits per heavy atom. The van der Waals surface area contributed by atoms with E-state index < -0.39 is 29.8 Å². The van der Waals surface area contributed by atoms with Crippen LogP contribution in [-0.4, -0.2) is 60.0 Å². The molecule has 0 bridgehead atoms. The number of ether oxygens (including phenoxy) is 3. The van der Waals surface area contributed by atoms with Gasteiger partial charge in [-0.15, -0.1) is 0 Å². The van der Waals surface area contributed by atoms with Crippen molar-refractivity contribution in [1.82, 2.24) is 10.2 Å². The molecule has 1 heterocycles. The number of hydrogen-bond acceptors (Lipinski definition) is 6. The van der Waals surface area contributed by atoms with Crippen molar-refractivity contribution < 1.29 is 28.6 Å². The van der Waals surface area contributed by atoms with Crippen molar-refractivity contribution in [3.05, 3.63) is 24.3 Å². The number of alkyl carbamates (subject to hydrolysis) is 1. The molecule has 0 aromatic carbocycles. The van der Waals surface area contributed by atoms with E-state index in [0.717, 1.165) is 0 Å². The van der Waals surface area contributed by atoms with Gasteiger partial charge in [-0.1, -0.05) is 12.7 Å². The summed E-state index contributed by atoms with van der Waals surface area (Å²) >= 11 is 0. The third-order valence-electron chi connectivity index (χ3n) is 3.90. The van der Waals surface area contributed by atoms with Gasteiger partial charge in [0.2, 0.25) is 0 Å². The van der Waals surface area contributed by atoms with Crippen LogP contribution < -0.4 is 5.32 Å². The van der Waals surface area contributed by atoms with Gasteiger partial charge in [0.05, 0.1) is 24.7 Å². The number of hydrogen-bond donors (Lipinski definition) is 1. The second-order valence-electron chi connectivity index (χ2n) is 7.12. The second-order valence-corrected chi connectivity index (χ2v) is 7.12. The molecular weight excluding hydrogens is 340 g/mol. The minimum Gasteiger partial charge on any atom is -0.463 e. The van der Waals surface area contributed by atoms with Gasteiger partial charge in [0.15, 0.2) is 0 Å². The van der Waals surface area contributed by atoms with Gasteiger partial charge in [0, 0.05) is 12.0 Å². The zero-order chi connectivity index (χ0) is 19.5. The number of esters is 1. The van der Waals surface area contributed by atoms with Crippen molar-refractivity contribution in [3.8, 4) is 0 Å². The van der Waals surface area contributed by atoms with Crippen LogP contribution in [0.1, 0.15) is 34.1 Å². The zero-order valence-corrected chi connectivity index (χ0v) is 15.6. The number of nitrogens with zero attached hydrogens (tertiary/aromatic N) is 1. The van der Waals surface area contributed by atoms with Crippen LogP contribution in [0.2, 0.25) is 0 Å². The predicted molar refractivity (Wildman–Crippen MR) is 93.5 cm³/mol. The molecule has 26 heavy (non-hydrogen) atoms. The lowest BCUT2D eigenvalue weighted by atomic mass is 9.95. The minimum atomic E-state index is -0.637. The van der Waals surface area contributed by atoms with E-state index in [4.69, 9.17) is 14.2 Å². The Bertz CT molecular complexity index is 622. The molecule has 8 nitrogen and oxygen atoms in total. The Morgan fingerprint density at radius 1 is 1.35 bits per heavy atom. The summed E-state index contributed by atoms with van der Waals surface area (Å²) in [4.78, 5) is 37.9. The van der Waals surface area contributed by atoms with Gasteiger partial charge in [0.1, 0.15) is 12.2 Å². The molecule has 3 atom stereocenters. The fraction of sp³-hybridized carbons (Fsp3) is 0.611. The van der Waals surface area contributed by atoms with E-state index in [1.54, 1.807) is 33.8 Å². The SMILES string of the molecule is C=CCOC(=O)N[C@H]1CC(C(=O)OCC)=C[C@H]2[C@@H]1N2C(=O)OC(C)(C)C. The van der Waals surface area contributed by atoms with Gasteiger partial charge in [-0.25, -0.2) is 14.4 Å². The average Bonchev–Trinajstić information content (AvgIpc) is 3.26. The molecule has 0 aromatic rings. The Morgan fingerprint density at radius 3 is 2.62 bits per heavy atom. The van der Waals surface area contributed by atoms with Crippen molar-refractivity contribution in [1.29, 1.82) is 0 Å². The number of rotatable bonds is 5. The van der Waals surface area contributed by atoms with Gasteiger partial charge in [-0.2, -0.15) is 0 Å². The van der Waals surface area contributed by atoms with E-state index in [-0.39, 0.29) is 31.7 Å². The summed E-state index contributed by atoms with van der Waals surface area (Å²) in [6.45, 7) is 10.9. The molecule has 1 aliphatic heterocycles. The molecule has 0 unspecified atom stereocenters. The summed E-state index contributed by atoms with van der Waals surface area (Å²) < 4.78 is 15.4. The van der Waals surface area contributed by atoms with Gasteiger partial charge >= 0.3 is 18.2 Å².